The lowest BCUT2D eigenvalue weighted by Crippen LogP contribution is -2.21. The summed E-state index contributed by atoms with van der Waals surface area (Å²) in [6.45, 7) is 0.618. The van der Waals surface area contributed by atoms with Crippen LogP contribution in [0.1, 0.15) is 5.82 Å². The summed E-state index contributed by atoms with van der Waals surface area (Å²) in [5.41, 5.74) is 15.3. The topological polar surface area (TPSA) is 111 Å². The van der Waals surface area contributed by atoms with Gasteiger partial charge in [-0.15, -0.1) is 0 Å². The minimum Gasteiger partial charge on any atom is -0.370 e. The number of rotatable bonds is 3. The Morgan fingerprint density at radius 1 is 1.13 bits per heavy atom. The van der Waals surface area contributed by atoms with Crippen LogP contribution in [0.25, 0.3) is 22.1 Å². The van der Waals surface area contributed by atoms with E-state index in [1.54, 1.807) is 6.33 Å². The van der Waals surface area contributed by atoms with Gasteiger partial charge in [0.05, 0.1) is 40.6 Å². The summed E-state index contributed by atoms with van der Waals surface area (Å²) in [5.74, 6) is 0.921. The van der Waals surface area contributed by atoms with Gasteiger partial charge in [-0.05, 0) is 30.3 Å². The smallest absolute Gasteiger partial charge is 0.191 e. The normalized spacial score (nSPS) is 11.1. The molecular weight excluding hydrogens is 290 g/mol. The summed E-state index contributed by atoms with van der Waals surface area (Å²) in [6, 6.07) is 13.6. The molecule has 0 bridgehead atoms. The van der Waals surface area contributed by atoms with Crippen LogP contribution in [0, 0.1) is 0 Å². The number of imidazole rings is 2. The Morgan fingerprint density at radius 3 is 2.83 bits per heavy atom. The molecule has 0 fully saturated rings. The second-order valence-electron chi connectivity index (χ2n) is 5.28. The minimum atomic E-state index is 0.0334. The summed E-state index contributed by atoms with van der Waals surface area (Å²) in [4.78, 5) is 16.4. The zero-order valence-corrected chi connectivity index (χ0v) is 12.3. The van der Waals surface area contributed by atoms with E-state index in [2.05, 4.69) is 19.9 Å². The van der Waals surface area contributed by atoms with Gasteiger partial charge in [-0.25, -0.2) is 15.0 Å². The number of benzene rings is 2. The van der Waals surface area contributed by atoms with Gasteiger partial charge in [0.1, 0.15) is 5.82 Å². The van der Waals surface area contributed by atoms with Gasteiger partial charge in [0.15, 0.2) is 5.96 Å². The number of nitrogens with zero attached hydrogens (tertiary/aromatic N) is 4. The Kier molecular flexibility index (Phi) is 2.97. The fourth-order valence-electron chi connectivity index (χ4n) is 2.64. The molecule has 2 aromatic carbocycles. The average Bonchev–Trinajstić information content (AvgIpc) is 3.10. The molecule has 0 aliphatic heterocycles. The van der Waals surface area contributed by atoms with Crippen LogP contribution in [-0.4, -0.2) is 25.5 Å². The first kappa shape index (κ1) is 13.3. The maximum Gasteiger partial charge on any atom is 0.191 e. The molecule has 23 heavy (non-hydrogen) atoms. The van der Waals surface area contributed by atoms with Gasteiger partial charge >= 0.3 is 0 Å². The second kappa shape index (κ2) is 5.13. The summed E-state index contributed by atoms with van der Waals surface area (Å²) < 4.78 is 2.03. The number of fused-ring (bicyclic) bond motifs is 2. The molecule has 0 unspecified atom stereocenters. The zero-order valence-electron chi connectivity index (χ0n) is 12.3. The van der Waals surface area contributed by atoms with Crippen molar-refractivity contribution in [2.45, 2.75) is 6.54 Å². The Labute approximate surface area is 131 Å². The highest BCUT2D eigenvalue weighted by atomic mass is 15.1. The molecule has 2 aromatic heterocycles. The van der Waals surface area contributed by atoms with Crippen molar-refractivity contribution in [3.05, 3.63) is 54.6 Å². The molecule has 2 heterocycles. The van der Waals surface area contributed by atoms with Gasteiger partial charge in [-0.1, -0.05) is 12.1 Å². The van der Waals surface area contributed by atoms with Crippen LogP contribution in [0.3, 0.4) is 0 Å². The zero-order chi connectivity index (χ0) is 15.8. The average molecular weight is 305 g/mol. The van der Waals surface area contributed by atoms with E-state index >= 15 is 0 Å². The third-order valence-electron chi connectivity index (χ3n) is 3.62. The second-order valence-corrected chi connectivity index (χ2v) is 5.28. The SMILES string of the molecule is NC(N)=Nc1ccc2c(c1)ncn2Cc1nc2ccccc2[nH]1. The van der Waals surface area contributed by atoms with Crippen molar-refractivity contribution in [3.63, 3.8) is 0 Å². The lowest BCUT2D eigenvalue weighted by atomic mass is 10.3. The van der Waals surface area contributed by atoms with E-state index < -0.39 is 0 Å². The highest BCUT2D eigenvalue weighted by Gasteiger charge is 2.07. The fraction of sp³-hybridized carbons (Fsp3) is 0.0625. The van der Waals surface area contributed by atoms with E-state index in [-0.39, 0.29) is 5.96 Å². The van der Waals surface area contributed by atoms with Gasteiger partial charge in [-0.3, -0.25) is 0 Å². The first-order valence-corrected chi connectivity index (χ1v) is 7.17. The van der Waals surface area contributed by atoms with Crippen molar-refractivity contribution >= 4 is 33.7 Å². The Hall–Kier alpha value is -3.35. The molecular formula is C16H15N7. The van der Waals surface area contributed by atoms with E-state index in [1.807, 2.05) is 47.0 Å². The minimum absolute atomic E-state index is 0.0334. The quantitative estimate of drug-likeness (QED) is 0.396. The van der Waals surface area contributed by atoms with Crippen molar-refractivity contribution in [2.24, 2.45) is 16.5 Å². The third kappa shape index (κ3) is 2.48. The highest BCUT2D eigenvalue weighted by Crippen LogP contribution is 2.21. The van der Waals surface area contributed by atoms with E-state index in [0.717, 1.165) is 27.9 Å². The van der Waals surface area contributed by atoms with Crippen LogP contribution >= 0.6 is 0 Å². The van der Waals surface area contributed by atoms with Crippen molar-refractivity contribution in [3.8, 4) is 0 Å². The number of aliphatic imine (C=N–C) groups is 1. The summed E-state index contributed by atoms with van der Waals surface area (Å²) in [5, 5.41) is 0. The predicted octanol–water partition coefficient (Wildman–Crippen LogP) is 1.87. The molecule has 5 N–H and O–H groups in total. The summed E-state index contributed by atoms with van der Waals surface area (Å²) >= 11 is 0. The van der Waals surface area contributed by atoms with Crippen LogP contribution in [0.2, 0.25) is 0 Å². The monoisotopic (exact) mass is 305 g/mol. The van der Waals surface area contributed by atoms with E-state index in [9.17, 15) is 0 Å². The molecule has 4 aromatic rings. The number of hydrogen-bond donors (Lipinski definition) is 3. The van der Waals surface area contributed by atoms with Gasteiger partial charge in [0.25, 0.3) is 0 Å². The lowest BCUT2D eigenvalue weighted by molar-refractivity contribution is 0.781. The molecule has 0 spiro atoms. The van der Waals surface area contributed by atoms with Crippen LogP contribution in [-0.2, 0) is 6.54 Å². The molecule has 0 saturated heterocycles. The van der Waals surface area contributed by atoms with Crippen molar-refractivity contribution < 1.29 is 0 Å². The van der Waals surface area contributed by atoms with Crippen molar-refractivity contribution in [1.29, 1.82) is 0 Å². The molecule has 0 radical (unpaired) electrons. The molecule has 7 heteroatoms. The highest BCUT2D eigenvalue weighted by molar-refractivity contribution is 5.83. The summed E-state index contributed by atoms with van der Waals surface area (Å²) in [7, 11) is 0. The molecule has 7 nitrogen and oxygen atoms in total. The standard InChI is InChI=1S/C16H15N7/c17-16(18)20-10-5-6-14-13(7-10)19-9-23(14)8-15-21-11-3-1-2-4-12(11)22-15/h1-7,9H,8H2,(H,21,22)(H4,17,18,20). The first-order chi connectivity index (χ1) is 11.2. The maximum absolute atomic E-state index is 5.40. The van der Waals surface area contributed by atoms with Crippen LogP contribution in [0.5, 0.6) is 0 Å². The predicted molar refractivity (Wildman–Crippen MR) is 90.4 cm³/mol. The first-order valence-electron chi connectivity index (χ1n) is 7.17. The van der Waals surface area contributed by atoms with Crippen LogP contribution < -0.4 is 11.5 Å². The van der Waals surface area contributed by atoms with Gasteiger partial charge in [-0.2, -0.15) is 0 Å². The molecule has 0 atom stereocenters. The number of guanidine groups is 1. The van der Waals surface area contributed by atoms with Gasteiger partial charge in [0, 0.05) is 0 Å². The number of nitrogens with one attached hydrogen (secondary N) is 1. The fourth-order valence-corrected chi connectivity index (χ4v) is 2.64. The molecule has 114 valence electrons. The molecule has 0 aliphatic carbocycles. The van der Waals surface area contributed by atoms with Crippen molar-refractivity contribution in [1.82, 2.24) is 19.5 Å². The Bertz CT molecular complexity index is 988. The van der Waals surface area contributed by atoms with Crippen LogP contribution in [0.15, 0.2) is 53.8 Å². The van der Waals surface area contributed by atoms with Crippen molar-refractivity contribution in [2.75, 3.05) is 0 Å². The number of hydrogen-bond acceptors (Lipinski definition) is 3. The number of nitrogens with two attached hydrogens (primary N) is 2. The number of para-hydroxylation sites is 2. The summed E-state index contributed by atoms with van der Waals surface area (Å²) in [6.07, 6.45) is 1.79. The number of aromatic nitrogens is 4. The molecule has 0 aliphatic rings. The van der Waals surface area contributed by atoms with E-state index in [1.165, 1.54) is 0 Å². The molecule has 0 saturated carbocycles. The van der Waals surface area contributed by atoms with Crippen LogP contribution in [0.4, 0.5) is 5.69 Å². The number of H-pyrrole nitrogens is 1. The molecule has 4 rings (SSSR count). The largest absolute Gasteiger partial charge is 0.370 e. The van der Waals surface area contributed by atoms with E-state index in [4.69, 9.17) is 11.5 Å². The van der Waals surface area contributed by atoms with Gasteiger partial charge < -0.3 is 21.0 Å². The number of aromatic amines is 1. The molecule has 0 amide bonds. The van der Waals surface area contributed by atoms with E-state index in [0.29, 0.717) is 12.2 Å². The Balaban J connectivity index is 1.70. The maximum atomic E-state index is 5.40. The Morgan fingerprint density at radius 2 is 2.00 bits per heavy atom. The lowest BCUT2D eigenvalue weighted by Gasteiger charge is -2.02. The van der Waals surface area contributed by atoms with Gasteiger partial charge in [0.2, 0.25) is 0 Å². The third-order valence-corrected chi connectivity index (χ3v) is 3.62.